The minimum absolute atomic E-state index is 0.117. The molecular formula is C11H10N2O2. The monoisotopic (exact) mass is 202 g/mol. The summed E-state index contributed by atoms with van der Waals surface area (Å²) in [6.07, 6.45) is 0.737. The predicted molar refractivity (Wildman–Crippen MR) is 54.7 cm³/mol. The van der Waals surface area contributed by atoms with Gasteiger partial charge < -0.3 is 10.1 Å². The van der Waals surface area contributed by atoms with Crippen LogP contribution < -0.4 is 10.1 Å². The Hall–Kier alpha value is -2.02. The molecule has 0 saturated carbocycles. The predicted octanol–water partition coefficient (Wildman–Crippen LogP) is 1.45. The molecule has 1 aromatic rings. The zero-order valence-electron chi connectivity index (χ0n) is 8.33. The van der Waals surface area contributed by atoms with E-state index in [0.29, 0.717) is 17.9 Å². The summed E-state index contributed by atoms with van der Waals surface area (Å²) in [6.45, 7) is 2.03. The van der Waals surface area contributed by atoms with Gasteiger partial charge in [0.15, 0.2) is 0 Å². The Bertz CT molecular complexity index is 460. The molecule has 0 aliphatic carbocycles. The highest BCUT2D eigenvalue weighted by Crippen LogP contribution is 2.34. The van der Waals surface area contributed by atoms with Crippen LogP contribution in [-0.4, -0.2) is 12.5 Å². The molecule has 0 unspecified atom stereocenters. The van der Waals surface area contributed by atoms with Gasteiger partial charge >= 0.3 is 0 Å². The van der Waals surface area contributed by atoms with E-state index in [-0.39, 0.29) is 5.91 Å². The SMILES string of the molecule is CC(=O)Nc1ccc(C#N)c2c1CCO2. The highest BCUT2D eigenvalue weighted by molar-refractivity contribution is 5.90. The number of anilines is 1. The van der Waals surface area contributed by atoms with Crippen LogP contribution in [0, 0.1) is 11.3 Å². The molecule has 1 heterocycles. The van der Waals surface area contributed by atoms with Gasteiger partial charge in [0, 0.05) is 24.6 Å². The summed E-state index contributed by atoms with van der Waals surface area (Å²) in [5.74, 6) is 0.498. The van der Waals surface area contributed by atoms with Crippen LogP contribution in [0.2, 0.25) is 0 Å². The van der Waals surface area contributed by atoms with Gasteiger partial charge in [0.1, 0.15) is 11.8 Å². The Morgan fingerprint density at radius 1 is 1.60 bits per heavy atom. The average Bonchev–Trinajstić information content (AvgIpc) is 2.66. The summed E-state index contributed by atoms with van der Waals surface area (Å²) < 4.78 is 5.37. The number of rotatable bonds is 1. The molecule has 0 bridgehead atoms. The minimum Gasteiger partial charge on any atom is -0.491 e. The Morgan fingerprint density at radius 2 is 2.40 bits per heavy atom. The van der Waals surface area contributed by atoms with Gasteiger partial charge in [0.05, 0.1) is 12.2 Å². The molecule has 15 heavy (non-hydrogen) atoms. The van der Waals surface area contributed by atoms with E-state index in [2.05, 4.69) is 11.4 Å². The molecular weight excluding hydrogens is 192 g/mol. The van der Waals surface area contributed by atoms with Crippen molar-refractivity contribution in [2.75, 3.05) is 11.9 Å². The second-order valence-corrected chi connectivity index (χ2v) is 3.36. The normalized spacial score (nSPS) is 12.5. The molecule has 4 heteroatoms. The van der Waals surface area contributed by atoms with Crippen LogP contribution in [0.5, 0.6) is 5.75 Å². The fraction of sp³-hybridized carbons (Fsp3) is 0.273. The largest absolute Gasteiger partial charge is 0.491 e. The number of carbonyl (C=O) groups is 1. The molecule has 76 valence electrons. The Morgan fingerprint density at radius 3 is 3.07 bits per heavy atom. The molecule has 2 rings (SSSR count). The van der Waals surface area contributed by atoms with Gasteiger partial charge in [-0.3, -0.25) is 4.79 Å². The maximum Gasteiger partial charge on any atom is 0.221 e. The van der Waals surface area contributed by atoms with Gasteiger partial charge in [-0.25, -0.2) is 0 Å². The van der Waals surface area contributed by atoms with E-state index in [0.717, 1.165) is 17.7 Å². The smallest absolute Gasteiger partial charge is 0.221 e. The number of hydrogen-bond donors (Lipinski definition) is 1. The second-order valence-electron chi connectivity index (χ2n) is 3.36. The van der Waals surface area contributed by atoms with Crippen LogP contribution >= 0.6 is 0 Å². The molecule has 1 amide bonds. The van der Waals surface area contributed by atoms with Crippen molar-refractivity contribution in [1.82, 2.24) is 0 Å². The van der Waals surface area contributed by atoms with E-state index in [9.17, 15) is 4.79 Å². The summed E-state index contributed by atoms with van der Waals surface area (Å²) in [5, 5.41) is 11.6. The molecule has 0 aromatic heterocycles. The summed E-state index contributed by atoms with van der Waals surface area (Å²) in [4.78, 5) is 11.0. The van der Waals surface area contributed by atoms with E-state index >= 15 is 0 Å². The first-order valence-electron chi connectivity index (χ1n) is 4.68. The molecule has 1 aliphatic rings. The summed E-state index contributed by atoms with van der Waals surface area (Å²) in [7, 11) is 0. The Balaban J connectivity index is 2.48. The number of nitriles is 1. The lowest BCUT2D eigenvalue weighted by atomic mass is 10.1. The Labute approximate surface area is 87.5 Å². The van der Waals surface area contributed by atoms with Crippen LogP contribution in [0.15, 0.2) is 12.1 Å². The lowest BCUT2D eigenvalue weighted by Gasteiger charge is -2.08. The van der Waals surface area contributed by atoms with Crippen LogP contribution in [0.1, 0.15) is 18.1 Å². The number of fused-ring (bicyclic) bond motifs is 1. The lowest BCUT2D eigenvalue weighted by Crippen LogP contribution is -2.07. The van der Waals surface area contributed by atoms with Gasteiger partial charge in [-0.2, -0.15) is 5.26 Å². The van der Waals surface area contributed by atoms with Crippen molar-refractivity contribution in [3.05, 3.63) is 23.3 Å². The van der Waals surface area contributed by atoms with Gasteiger partial charge in [-0.1, -0.05) is 0 Å². The Kier molecular flexibility index (Phi) is 2.30. The fourth-order valence-electron chi connectivity index (χ4n) is 1.69. The van der Waals surface area contributed by atoms with Crippen molar-refractivity contribution in [1.29, 1.82) is 5.26 Å². The number of benzene rings is 1. The summed E-state index contributed by atoms with van der Waals surface area (Å²) >= 11 is 0. The van der Waals surface area contributed by atoms with Crippen LogP contribution in [0.4, 0.5) is 5.69 Å². The van der Waals surface area contributed by atoms with Gasteiger partial charge in [0.25, 0.3) is 0 Å². The minimum atomic E-state index is -0.117. The number of nitrogens with one attached hydrogen (secondary N) is 1. The maximum absolute atomic E-state index is 11.0. The van der Waals surface area contributed by atoms with E-state index in [1.807, 2.05) is 0 Å². The van der Waals surface area contributed by atoms with Gasteiger partial charge in [-0.05, 0) is 12.1 Å². The molecule has 1 N–H and O–H groups in total. The number of ether oxygens (including phenoxy) is 1. The summed E-state index contributed by atoms with van der Waals surface area (Å²) in [6, 6.07) is 5.48. The van der Waals surface area contributed by atoms with Gasteiger partial charge in [0.2, 0.25) is 5.91 Å². The number of nitrogens with zero attached hydrogens (tertiary/aromatic N) is 1. The quantitative estimate of drug-likeness (QED) is 0.749. The first-order chi connectivity index (χ1) is 7.22. The highest BCUT2D eigenvalue weighted by Gasteiger charge is 2.20. The van der Waals surface area contributed by atoms with Crippen LogP contribution in [-0.2, 0) is 11.2 Å². The molecule has 0 fully saturated rings. The first-order valence-corrected chi connectivity index (χ1v) is 4.68. The van der Waals surface area contributed by atoms with E-state index in [4.69, 9.17) is 10.00 Å². The molecule has 4 nitrogen and oxygen atoms in total. The van der Waals surface area contributed by atoms with Crippen LogP contribution in [0.3, 0.4) is 0 Å². The third kappa shape index (κ3) is 1.64. The molecule has 1 aromatic carbocycles. The van der Waals surface area contributed by atoms with Crippen molar-refractivity contribution < 1.29 is 9.53 Å². The maximum atomic E-state index is 11.0. The van der Waals surface area contributed by atoms with Crippen molar-refractivity contribution in [2.24, 2.45) is 0 Å². The number of hydrogen-bond acceptors (Lipinski definition) is 3. The van der Waals surface area contributed by atoms with Gasteiger partial charge in [-0.15, -0.1) is 0 Å². The molecule has 0 saturated heterocycles. The van der Waals surface area contributed by atoms with Crippen LogP contribution in [0.25, 0.3) is 0 Å². The van der Waals surface area contributed by atoms with Crippen molar-refractivity contribution in [3.8, 4) is 11.8 Å². The van der Waals surface area contributed by atoms with E-state index in [1.165, 1.54) is 6.92 Å². The van der Waals surface area contributed by atoms with E-state index in [1.54, 1.807) is 12.1 Å². The van der Waals surface area contributed by atoms with Crippen molar-refractivity contribution >= 4 is 11.6 Å². The second kappa shape index (κ2) is 3.62. The lowest BCUT2D eigenvalue weighted by molar-refractivity contribution is -0.114. The molecule has 1 aliphatic heterocycles. The zero-order valence-corrected chi connectivity index (χ0v) is 8.33. The molecule has 0 atom stereocenters. The molecule has 0 spiro atoms. The fourth-order valence-corrected chi connectivity index (χ4v) is 1.69. The number of amides is 1. The van der Waals surface area contributed by atoms with Crippen molar-refractivity contribution in [3.63, 3.8) is 0 Å². The topological polar surface area (TPSA) is 62.1 Å². The third-order valence-electron chi connectivity index (χ3n) is 2.29. The number of carbonyl (C=O) groups excluding carboxylic acids is 1. The third-order valence-corrected chi connectivity index (χ3v) is 2.29. The van der Waals surface area contributed by atoms with Crippen molar-refractivity contribution in [2.45, 2.75) is 13.3 Å². The summed E-state index contributed by atoms with van der Waals surface area (Å²) in [5.41, 5.74) is 2.19. The molecule has 0 radical (unpaired) electrons. The zero-order chi connectivity index (χ0) is 10.8. The standard InChI is InChI=1S/C11H10N2O2/c1-7(14)13-10-3-2-8(6-12)11-9(10)4-5-15-11/h2-3H,4-5H2,1H3,(H,13,14). The first kappa shape index (κ1) is 9.53. The average molecular weight is 202 g/mol. The van der Waals surface area contributed by atoms with E-state index < -0.39 is 0 Å². The highest BCUT2D eigenvalue weighted by atomic mass is 16.5.